The third-order valence-corrected chi connectivity index (χ3v) is 4.35. The summed E-state index contributed by atoms with van der Waals surface area (Å²) in [5.41, 5.74) is 1.29. The molecule has 1 aromatic heterocycles. The number of rotatable bonds is 7. The summed E-state index contributed by atoms with van der Waals surface area (Å²) in [5.74, 6) is 0.920. The Morgan fingerprint density at radius 3 is 2.68 bits per heavy atom. The van der Waals surface area contributed by atoms with Crippen LogP contribution in [0.3, 0.4) is 0 Å². The van der Waals surface area contributed by atoms with Crippen LogP contribution in [-0.4, -0.2) is 6.54 Å². The summed E-state index contributed by atoms with van der Waals surface area (Å²) in [4.78, 5) is 1.22. The molecule has 0 bridgehead atoms. The Morgan fingerprint density at radius 2 is 2.05 bits per heavy atom. The summed E-state index contributed by atoms with van der Waals surface area (Å²) in [5, 5.41) is 5.46. The molecule has 4 heteroatoms. The molecular weight excluding hydrogens is 322 g/mol. The van der Waals surface area contributed by atoms with Crippen LogP contribution in [-0.2, 0) is 13.2 Å². The third kappa shape index (κ3) is 4.97. The molecule has 0 spiro atoms. The van der Waals surface area contributed by atoms with Crippen LogP contribution in [0.4, 0.5) is 0 Å². The Labute approximate surface area is 126 Å². The van der Waals surface area contributed by atoms with Gasteiger partial charge in [0.2, 0.25) is 0 Å². The van der Waals surface area contributed by atoms with E-state index >= 15 is 0 Å². The van der Waals surface area contributed by atoms with Crippen molar-refractivity contribution in [1.82, 2.24) is 5.32 Å². The van der Waals surface area contributed by atoms with Crippen molar-refractivity contribution in [1.29, 1.82) is 0 Å². The highest BCUT2D eigenvalue weighted by atomic mass is 79.9. The zero-order valence-electron chi connectivity index (χ0n) is 11.0. The van der Waals surface area contributed by atoms with E-state index in [0.29, 0.717) is 6.61 Å². The van der Waals surface area contributed by atoms with Crippen molar-refractivity contribution in [3.8, 4) is 5.75 Å². The van der Waals surface area contributed by atoms with E-state index in [1.165, 1.54) is 10.4 Å². The standard InChI is InChI=1S/C15H18BrNOS/c1-2-7-17-9-12-3-5-14(6-4-12)18-10-15-8-13(16)11-19-15/h3-6,8,11,17H,2,7,9-10H2,1H3. The summed E-state index contributed by atoms with van der Waals surface area (Å²) in [6, 6.07) is 10.4. The largest absolute Gasteiger partial charge is 0.488 e. The molecule has 0 radical (unpaired) electrons. The fraction of sp³-hybridized carbons (Fsp3) is 0.333. The van der Waals surface area contributed by atoms with Crippen LogP contribution in [0, 0.1) is 0 Å². The summed E-state index contributed by atoms with van der Waals surface area (Å²) >= 11 is 5.15. The smallest absolute Gasteiger partial charge is 0.122 e. The predicted octanol–water partition coefficient (Wildman–Crippen LogP) is 4.59. The van der Waals surface area contributed by atoms with Gasteiger partial charge in [-0.25, -0.2) is 0 Å². The predicted molar refractivity (Wildman–Crippen MR) is 84.8 cm³/mol. The van der Waals surface area contributed by atoms with E-state index in [2.05, 4.69) is 51.7 Å². The van der Waals surface area contributed by atoms with Crippen LogP contribution in [0.1, 0.15) is 23.8 Å². The van der Waals surface area contributed by atoms with Gasteiger partial charge in [0.05, 0.1) is 0 Å². The molecule has 0 unspecified atom stereocenters. The average molecular weight is 340 g/mol. The Morgan fingerprint density at radius 1 is 1.26 bits per heavy atom. The average Bonchev–Trinajstić information content (AvgIpc) is 2.84. The highest BCUT2D eigenvalue weighted by molar-refractivity contribution is 9.10. The van der Waals surface area contributed by atoms with Crippen molar-refractivity contribution in [3.05, 3.63) is 50.6 Å². The lowest BCUT2D eigenvalue weighted by Gasteiger charge is -2.07. The van der Waals surface area contributed by atoms with Crippen molar-refractivity contribution in [2.24, 2.45) is 0 Å². The number of nitrogens with one attached hydrogen (secondary N) is 1. The van der Waals surface area contributed by atoms with Crippen LogP contribution in [0.15, 0.2) is 40.2 Å². The zero-order chi connectivity index (χ0) is 13.5. The second-order valence-corrected chi connectivity index (χ2v) is 6.25. The third-order valence-electron chi connectivity index (χ3n) is 2.68. The highest BCUT2D eigenvalue weighted by Gasteiger charge is 2.00. The maximum absolute atomic E-state index is 5.76. The van der Waals surface area contributed by atoms with Crippen LogP contribution in [0.5, 0.6) is 5.75 Å². The molecule has 0 aliphatic heterocycles. The highest BCUT2D eigenvalue weighted by Crippen LogP contribution is 2.21. The van der Waals surface area contributed by atoms with Crippen molar-refractivity contribution in [3.63, 3.8) is 0 Å². The van der Waals surface area contributed by atoms with Gasteiger partial charge in [0, 0.05) is 21.3 Å². The van der Waals surface area contributed by atoms with Crippen LogP contribution < -0.4 is 10.1 Å². The van der Waals surface area contributed by atoms with Gasteiger partial charge >= 0.3 is 0 Å². The molecule has 0 aliphatic rings. The number of ether oxygens (including phenoxy) is 1. The van der Waals surface area contributed by atoms with E-state index < -0.39 is 0 Å². The molecule has 0 saturated carbocycles. The minimum Gasteiger partial charge on any atom is -0.488 e. The lowest BCUT2D eigenvalue weighted by atomic mass is 10.2. The molecular formula is C15H18BrNOS. The minimum atomic E-state index is 0.629. The Bertz CT molecular complexity index is 495. The van der Waals surface area contributed by atoms with Crippen LogP contribution in [0.2, 0.25) is 0 Å². The van der Waals surface area contributed by atoms with Gasteiger partial charge in [-0.2, -0.15) is 0 Å². The summed E-state index contributed by atoms with van der Waals surface area (Å²) in [6.07, 6.45) is 1.16. The number of hydrogen-bond donors (Lipinski definition) is 1. The quantitative estimate of drug-likeness (QED) is 0.745. The van der Waals surface area contributed by atoms with Crippen molar-refractivity contribution in [2.75, 3.05) is 6.54 Å². The number of halogens is 1. The van der Waals surface area contributed by atoms with E-state index in [-0.39, 0.29) is 0 Å². The second-order valence-electron chi connectivity index (χ2n) is 4.34. The van der Waals surface area contributed by atoms with Crippen molar-refractivity contribution in [2.45, 2.75) is 26.5 Å². The summed E-state index contributed by atoms with van der Waals surface area (Å²) in [7, 11) is 0. The molecule has 0 amide bonds. The minimum absolute atomic E-state index is 0.629. The van der Waals surface area contributed by atoms with Gasteiger partial charge in [-0.1, -0.05) is 19.1 Å². The van der Waals surface area contributed by atoms with Gasteiger partial charge in [-0.3, -0.25) is 0 Å². The molecule has 0 aliphatic carbocycles. The number of benzene rings is 1. The molecule has 1 N–H and O–H groups in total. The molecule has 102 valence electrons. The maximum atomic E-state index is 5.76. The first-order valence-corrected chi connectivity index (χ1v) is 8.10. The lowest BCUT2D eigenvalue weighted by Crippen LogP contribution is -2.13. The molecule has 2 nitrogen and oxygen atoms in total. The van der Waals surface area contributed by atoms with Crippen LogP contribution in [0.25, 0.3) is 0 Å². The Balaban J connectivity index is 1.81. The van der Waals surface area contributed by atoms with Crippen LogP contribution >= 0.6 is 27.3 Å². The first kappa shape index (κ1) is 14.6. The molecule has 0 atom stereocenters. The lowest BCUT2D eigenvalue weighted by molar-refractivity contribution is 0.309. The molecule has 0 saturated heterocycles. The van der Waals surface area contributed by atoms with Gasteiger partial charge in [-0.05, 0) is 52.7 Å². The monoisotopic (exact) mass is 339 g/mol. The van der Waals surface area contributed by atoms with E-state index in [0.717, 1.165) is 29.7 Å². The van der Waals surface area contributed by atoms with Crippen molar-refractivity contribution < 1.29 is 4.74 Å². The topological polar surface area (TPSA) is 21.3 Å². The number of hydrogen-bond acceptors (Lipinski definition) is 3. The fourth-order valence-corrected chi connectivity index (χ4v) is 3.06. The molecule has 1 aromatic carbocycles. The maximum Gasteiger partial charge on any atom is 0.122 e. The van der Waals surface area contributed by atoms with Gasteiger partial charge < -0.3 is 10.1 Å². The molecule has 19 heavy (non-hydrogen) atoms. The molecule has 0 fully saturated rings. The Kier molecular flexibility index (Phi) is 5.89. The molecule has 2 rings (SSSR count). The van der Waals surface area contributed by atoms with Gasteiger partial charge in [0.25, 0.3) is 0 Å². The van der Waals surface area contributed by atoms with E-state index in [1.807, 2.05) is 12.1 Å². The SMILES string of the molecule is CCCNCc1ccc(OCc2cc(Br)cs2)cc1. The van der Waals surface area contributed by atoms with E-state index in [1.54, 1.807) is 11.3 Å². The summed E-state index contributed by atoms with van der Waals surface area (Å²) in [6.45, 7) is 4.79. The van der Waals surface area contributed by atoms with Gasteiger partial charge in [-0.15, -0.1) is 11.3 Å². The molecule has 2 aromatic rings. The number of thiophene rings is 1. The first-order chi connectivity index (χ1) is 9.28. The fourth-order valence-electron chi connectivity index (χ4n) is 1.70. The second kappa shape index (κ2) is 7.68. The first-order valence-electron chi connectivity index (χ1n) is 6.43. The van der Waals surface area contributed by atoms with E-state index in [9.17, 15) is 0 Å². The van der Waals surface area contributed by atoms with E-state index in [4.69, 9.17) is 4.74 Å². The van der Waals surface area contributed by atoms with Gasteiger partial charge in [0.15, 0.2) is 0 Å². The molecule has 1 heterocycles. The van der Waals surface area contributed by atoms with Gasteiger partial charge in [0.1, 0.15) is 12.4 Å². The Hall–Kier alpha value is -0.840. The van der Waals surface area contributed by atoms with Crippen molar-refractivity contribution >= 4 is 27.3 Å². The normalized spacial score (nSPS) is 10.6. The zero-order valence-corrected chi connectivity index (χ0v) is 13.4. The summed E-state index contributed by atoms with van der Waals surface area (Å²) < 4.78 is 6.87.